The van der Waals surface area contributed by atoms with Crippen molar-refractivity contribution in [1.29, 1.82) is 0 Å². The zero-order chi connectivity index (χ0) is 16.3. The predicted molar refractivity (Wildman–Crippen MR) is 93.8 cm³/mol. The number of ketones is 1. The van der Waals surface area contributed by atoms with Gasteiger partial charge in [0, 0.05) is 22.5 Å². The van der Waals surface area contributed by atoms with E-state index in [9.17, 15) is 9.18 Å². The van der Waals surface area contributed by atoms with Gasteiger partial charge in [-0.05, 0) is 47.6 Å². The molecule has 22 heavy (non-hydrogen) atoms. The third-order valence-corrected chi connectivity index (χ3v) is 4.28. The number of hydrogen-bond acceptors (Lipinski definition) is 2. The van der Waals surface area contributed by atoms with E-state index in [0.717, 1.165) is 27.9 Å². The van der Waals surface area contributed by atoms with E-state index in [-0.39, 0.29) is 11.6 Å². The molecule has 0 spiro atoms. The van der Waals surface area contributed by atoms with Crippen LogP contribution in [0.1, 0.15) is 54.8 Å². The van der Waals surface area contributed by atoms with Gasteiger partial charge in [-0.1, -0.05) is 19.9 Å². The summed E-state index contributed by atoms with van der Waals surface area (Å²) < 4.78 is 16.9. The van der Waals surface area contributed by atoms with E-state index in [2.05, 4.69) is 34.5 Å². The zero-order valence-electron chi connectivity index (χ0n) is 13.1. The van der Waals surface area contributed by atoms with Crippen molar-refractivity contribution in [3.63, 3.8) is 0 Å². The highest BCUT2D eigenvalue weighted by Crippen LogP contribution is 2.20. The second-order valence-corrected chi connectivity index (χ2v) is 6.55. The number of aromatic nitrogens is 2. The number of benzene rings is 1. The van der Waals surface area contributed by atoms with Crippen molar-refractivity contribution in [2.45, 2.75) is 46.6 Å². The first kappa shape index (κ1) is 17.1. The Hall–Kier alpha value is -1.24. The van der Waals surface area contributed by atoms with Gasteiger partial charge >= 0.3 is 0 Å². The largest absolute Gasteiger partial charge is 0.321 e. The van der Waals surface area contributed by atoms with Gasteiger partial charge in [-0.25, -0.2) is 9.37 Å². The fourth-order valence-corrected chi connectivity index (χ4v) is 3.05. The number of hydrogen-bond donors (Lipinski definition) is 0. The third-order valence-electron chi connectivity index (χ3n) is 3.60. The van der Waals surface area contributed by atoms with E-state index in [1.165, 1.54) is 6.07 Å². The van der Waals surface area contributed by atoms with Crippen LogP contribution < -0.4 is 0 Å². The summed E-state index contributed by atoms with van der Waals surface area (Å²) in [6.45, 7) is 5.95. The van der Waals surface area contributed by atoms with Crippen LogP contribution in [0.4, 0.5) is 4.39 Å². The van der Waals surface area contributed by atoms with Gasteiger partial charge in [-0.2, -0.15) is 0 Å². The molecule has 2 rings (SSSR count). The molecule has 0 amide bonds. The molecule has 0 saturated heterocycles. The first-order valence-corrected chi connectivity index (χ1v) is 8.58. The summed E-state index contributed by atoms with van der Waals surface area (Å²) in [7, 11) is 0. The van der Waals surface area contributed by atoms with E-state index in [1.54, 1.807) is 13.0 Å². The number of rotatable bonds is 6. The summed E-state index contributed by atoms with van der Waals surface area (Å²) in [5, 5.41) is 0. The Morgan fingerprint density at radius 3 is 2.64 bits per heavy atom. The predicted octanol–water partition coefficient (Wildman–Crippen LogP) is 4.39. The molecule has 0 atom stereocenters. The number of imidazole rings is 1. The number of nitrogens with zero attached hydrogens (tertiary/aromatic N) is 2. The lowest BCUT2D eigenvalue weighted by molar-refractivity contribution is 0.100. The zero-order valence-corrected chi connectivity index (χ0v) is 15.3. The Labute approximate surface area is 144 Å². The summed E-state index contributed by atoms with van der Waals surface area (Å²) in [6, 6.07) is 5.17. The molecule has 3 nitrogen and oxygen atoms in total. The molecule has 1 aromatic heterocycles. The molecule has 2 aromatic rings. The molecule has 0 aliphatic carbocycles. The number of carbonyl (C=O) groups is 1. The Bertz CT molecular complexity index is 694. The van der Waals surface area contributed by atoms with Crippen molar-refractivity contribution < 1.29 is 9.18 Å². The van der Waals surface area contributed by atoms with Crippen LogP contribution in [0.15, 0.2) is 18.2 Å². The second kappa shape index (κ2) is 7.35. The maximum absolute atomic E-state index is 14.2. The standard InChI is InChI=1S/C17H20FIN2O/c1-4-6-16-20-15(5-2)17(11(3)22)21(16)10-12-7-8-13(19)9-14(12)18/h7-9H,4-6,10H2,1-3H3. The van der Waals surface area contributed by atoms with Crippen LogP contribution in [0, 0.1) is 9.39 Å². The van der Waals surface area contributed by atoms with E-state index >= 15 is 0 Å². The van der Waals surface area contributed by atoms with Crippen molar-refractivity contribution >= 4 is 28.4 Å². The van der Waals surface area contributed by atoms with Crippen LogP contribution in [0.3, 0.4) is 0 Å². The average molecular weight is 414 g/mol. The van der Waals surface area contributed by atoms with Gasteiger partial charge in [0.15, 0.2) is 5.78 Å². The van der Waals surface area contributed by atoms with Gasteiger partial charge in [0.25, 0.3) is 0 Å². The molecule has 0 unspecified atom stereocenters. The van der Waals surface area contributed by atoms with Crippen LogP contribution in [-0.4, -0.2) is 15.3 Å². The van der Waals surface area contributed by atoms with Gasteiger partial charge in [0.1, 0.15) is 17.3 Å². The molecule has 0 fully saturated rings. The van der Waals surface area contributed by atoms with Crippen molar-refractivity contribution in [1.82, 2.24) is 9.55 Å². The van der Waals surface area contributed by atoms with Crippen LogP contribution >= 0.6 is 22.6 Å². The average Bonchev–Trinajstić information content (AvgIpc) is 2.80. The second-order valence-electron chi connectivity index (χ2n) is 5.30. The van der Waals surface area contributed by atoms with Crippen molar-refractivity contribution in [3.8, 4) is 0 Å². The number of halogens is 2. The maximum atomic E-state index is 14.2. The first-order valence-electron chi connectivity index (χ1n) is 7.51. The molecule has 1 aromatic carbocycles. The van der Waals surface area contributed by atoms with E-state index in [0.29, 0.717) is 24.2 Å². The molecule has 0 aliphatic rings. The van der Waals surface area contributed by atoms with Gasteiger partial charge in [0.2, 0.25) is 0 Å². The third kappa shape index (κ3) is 3.56. The van der Waals surface area contributed by atoms with Gasteiger partial charge in [-0.15, -0.1) is 0 Å². The highest BCUT2D eigenvalue weighted by molar-refractivity contribution is 14.1. The minimum Gasteiger partial charge on any atom is -0.321 e. The molecule has 1 heterocycles. The van der Waals surface area contributed by atoms with Gasteiger partial charge < -0.3 is 4.57 Å². The Morgan fingerprint density at radius 1 is 1.36 bits per heavy atom. The van der Waals surface area contributed by atoms with Crippen LogP contribution in [0.25, 0.3) is 0 Å². The fraction of sp³-hybridized carbons (Fsp3) is 0.412. The number of aryl methyl sites for hydroxylation is 2. The van der Waals surface area contributed by atoms with E-state index < -0.39 is 0 Å². The SMILES string of the molecule is CCCc1nc(CC)c(C(C)=O)n1Cc1ccc(I)cc1F. The Morgan fingerprint density at radius 2 is 2.09 bits per heavy atom. The van der Waals surface area contributed by atoms with Crippen LogP contribution in [0.2, 0.25) is 0 Å². The summed E-state index contributed by atoms with van der Waals surface area (Å²) in [5.41, 5.74) is 2.01. The monoisotopic (exact) mass is 414 g/mol. The topological polar surface area (TPSA) is 34.9 Å². The van der Waals surface area contributed by atoms with Gasteiger partial charge in [-0.3, -0.25) is 4.79 Å². The van der Waals surface area contributed by atoms with E-state index in [4.69, 9.17) is 0 Å². The molecule has 0 bridgehead atoms. The first-order chi connectivity index (χ1) is 10.5. The molecule has 0 radical (unpaired) electrons. The van der Waals surface area contributed by atoms with E-state index in [1.807, 2.05) is 17.6 Å². The summed E-state index contributed by atoms with van der Waals surface area (Å²) in [4.78, 5) is 16.6. The maximum Gasteiger partial charge on any atom is 0.178 e. The van der Waals surface area contributed by atoms with Gasteiger partial charge in [0.05, 0.1) is 12.2 Å². The highest BCUT2D eigenvalue weighted by atomic mass is 127. The lowest BCUT2D eigenvalue weighted by Gasteiger charge is -2.12. The summed E-state index contributed by atoms with van der Waals surface area (Å²) in [6.07, 6.45) is 2.42. The molecule has 118 valence electrons. The Kier molecular flexibility index (Phi) is 5.72. The molecule has 5 heteroatoms. The summed E-state index contributed by atoms with van der Waals surface area (Å²) >= 11 is 2.09. The Balaban J connectivity index is 2.51. The fourth-order valence-electron chi connectivity index (χ4n) is 2.60. The smallest absolute Gasteiger partial charge is 0.178 e. The van der Waals surface area contributed by atoms with Crippen molar-refractivity contribution in [2.75, 3.05) is 0 Å². The molecule has 0 N–H and O–H groups in total. The molecular formula is C17H20FIN2O. The molecule has 0 aliphatic heterocycles. The van der Waals surface area contributed by atoms with Crippen molar-refractivity contribution in [2.24, 2.45) is 0 Å². The number of Topliss-reactive ketones (excluding diaryl/α,β-unsaturated/α-hetero) is 1. The quantitative estimate of drug-likeness (QED) is 0.519. The lowest BCUT2D eigenvalue weighted by Crippen LogP contribution is -2.13. The summed E-state index contributed by atoms with van der Waals surface area (Å²) in [5.74, 6) is 0.607. The normalized spacial score (nSPS) is 11.0. The minimum atomic E-state index is -0.240. The van der Waals surface area contributed by atoms with Crippen LogP contribution in [-0.2, 0) is 19.4 Å². The highest BCUT2D eigenvalue weighted by Gasteiger charge is 2.20. The van der Waals surface area contributed by atoms with Crippen LogP contribution in [0.5, 0.6) is 0 Å². The lowest BCUT2D eigenvalue weighted by atomic mass is 10.1. The number of carbonyl (C=O) groups excluding carboxylic acids is 1. The minimum absolute atomic E-state index is 0.0161. The van der Waals surface area contributed by atoms with Crippen molar-refractivity contribution in [3.05, 3.63) is 50.4 Å². The molecular weight excluding hydrogens is 394 g/mol. The molecule has 0 saturated carbocycles.